The molecule has 0 atom stereocenters. The molecule has 0 unspecified atom stereocenters. The van der Waals surface area contributed by atoms with Gasteiger partial charge in [0.1, 0.15) is 11.3 Å². The van der Waals surface area contributed by atoms with Crippen LogP contribution in [0.25, 0.3) is 27.7 Å². The molecule has 3 rings (SSSR count). The van der Waals surface area contributed by atoms with Crippen molar-refractivity contribution in [3.8, 4) is 16.9 Å². The largest absolute Gasteiger partial charge is 0.493 e. The topological polar surface area (TPSA) is 51.5 Å². The number of furan rings is 1. The highest BCUT2D eigenvalue weighted by Crippen LogP contribution is 2.41. The van der Waals surface area contributed by atoms with Crippen LogP contribution in [0.4, 0.5) is 0 Å². The van der Waals surface area contributed by atoms with Gasteiger partial charge >= 0.3 is 0 Å². The zero-order valence-corrected chi connectivity index (χ0v) is 19.7. The number of amides is 1. The second-order valence-electron chi connectivity index (χ2n) is 7.81. The van der Waals surface area contributed by atoms with Crippen LogP contribution in [-0.2, 0) is 4.79 Å². The van der Waals surface area contributed by atoms with Gasteiger partial charge in [0.25, 0.3) is 0 Å². The Morgan fingerprint density at radius 3 is 2.73 bits per heavy atom. The van der Waals surface area contributed by atoms with Crippen LogP contribution in [0.15, 0.2) is 51.6 Å². The minimum Gasteiger partial charge on any atom is -0.493 e. The van der Waals surface area contributed by atoms with Crippen LogP contribution in [0.1, 0.15) is 38.8 Å². The third-order valence-corrected chi connectivity index (χ3v) is 5.42. The number of benzene rings is 2. The third kappa shape index (κ3) is 4.78. The van der Waals surface area contributed by atoms with Crippen molar-refractivity contribution in [1.29, 1.82) is 0 Å². The quantitative estimate of drug-likeness (QED) is 0.389. The number of allylic oxidation sites excluding steroid dienone is 1. The minimum absolute atomic E-state index is 0.0965. The number of nitrogens with one attached hydrogen (secondary N) is 1. The molecule has 0 fully saturated rings. The van der Waals surface area contributed by atoms with Crippen molar-refractivity contribution in [2.24, 2.45) is 5.92 Å². The van der Waals surface area contributed by atoms with E-state index in [-0.39, 0.29) is 5.91 Å². The smallest absolute Gasteiger partial charge is 0.244 e. The van der Waals surface area contributed by atoms with Gasteiger partial charge in [0.2, 0.25) is 5.91 Å². The number of carbonyl (C=O) groups excluding carboxylic acids is 1. The second kappa shape index (κ2) is 9.52. The molecule has 1 aromatic heterocycles. The van der Waals surface area contributed by atoms with E-state index in [1.54, 1.807) is 12.3 Å². The van der Waals surface area contributed by atoms with Crippen molar-refractivity contribution in [3.63, 3.8) is 0 Å². The fourth-order valence-electron chi connectivity index (χ4n) is 3.45. The average Bonchev–Trinajstić information content (AvgIpc) is 3.12. The van der Waals surface area contributed by atoms with E-state index < -0.39 is 0 Å². The monoisotopic (exact) mass is 469 g/mol. The van der Waals surface area contributed by atoms with E-state index in [0.717, 1.165) is 49.0 Å². The molecule has 4 nitrogen and oxygen atoms in total. The van der Waals surface area contributed by atoms with Crippen LogP contribution in [0.5, 0.6) is 5.75 Å². The van der Waals surface area contributed by atoms with Gasteiger partial charge in [0.15, 0.2) is 0 Å². The molecular formula is C25H28BrNO3. The molecule has 0 spiro atoms. The Morgan fingerprint density at radius 2 is 2.07 bits per heavy atom. The summed E-state index contributed by atoms with van der Waals surface area (Å²) in [6, 6.07) is 10.2. The lowest BCUT2D eigenvalue weighted by atomic mass is 9.96. The van der Waals surface area contributed by atoms with Gasteiger partial charge in [-0.05, 0) is 56.0 Å². The van der Waals surface area contributed by atoms with Gasteiger partial charge in [-0.3, -0.25) is 4.79 Å². The fraction of sp³-hybridized carbons (Fsp3) is 0.320. The van der Waals surface area contributed by atoms with Gasteiger partial charge in [-0.15, -0.1) is 0 Å². The van der Waals surface area contributed by atoms with Crippen molar-refractivity contribution < 1.29 is 13.9 Å². The van der Waals surface area contributed by atoms with Gasteiger partial charge in [0, 0.05) is 39.2 Å². The van der Waals surface area contributed by atoms with E-state index in [1.807, 2.05) is 32.9 Å². The first-order chi connectivity index (χ1) is 14.3. The van der Waals surface area contributed by atoms with Crippen molar-refractivity contribution >= 4 is 38.4 Å². The van der Waals surface area contributed by atoms with E-state index in [1.165, 1.54) is 0 Å². The van der Waals surface area contributed by atoms with Crippen molar-refractivity contribution in [2.45, 2.75) is 34.6 Å². The Bertz CT molecular complexity index is 1100. The highest BCUT2D eigenvalue weighted by molar-refractivity contribution is 9.10. The van der Waals surface area contributed by atoms with E-state index in [9.17, 15) is 4.79 Å². The van der Waals surface area contributed by atoms with Crippen LogP contribution < -0.4 is 10.1 Å². The number of hydrogen-bond donors (Lipinski definition) is 1. The van der Waals surface area contributed by atoms with Crippen LogP contribution in [0, 0.1) is 12.8 Å². The summed E-state index contributed by atoms with van der Waals surface area (Å²) in [5, 5.41) is 3.94. The molecule has 0 radical (unpaired) electrons. The van der Waals surface area contributed by atoms with Crippen molar-refractivity contribution in [2.75, 3.05) is 13.2 Å². The first-order valence-electron chi connectivity index (χ1n) is 10.2. The zero-order valence-electron chi connectivity index (χ0n) is 18.1. The van der Waals surface area contributed by atoms with Crippen LogP contribution in [0.2, 0.25) is 0 Å². The maximum Gasteiger partial charge on any atom is 0.244 e. The van der Waals surface area contributed by atoms with Gasteiger partial charge < -0.3 is 14.5 Å². The molecule has 0 aliphatic heterocycles. The first-order valence-corrected chi connectivity index (χ1v) is 11.0. The predicted molar refractivity (Wildman–Crippen MR) is 127 cm³/mol. The summed E-state index contributed by atoms with van der Waals surface area (Å²) in [4.78, 5) is 12.4. The number of rotatable bonds is 7. The standard InChI is InChI=1S/C25H28BrNO3/c1-6-29-24-17(5)25-21(22(14-30-25)18-8-7-9-19(26)11-18)12-20(24)16(4)10-23(28)27-13-15(2)3/h7-12,14-15H,6,13H2,1-5H3,(H,27,28)/b16-10+. The molecule has 5 heteroatoms. The Kier molecular flexibility index (Phi) is 7.03. The number of fused-ring (bicyclic) bond motifs is 1. The van der Waals surface area contributed by atoms with E-state index in [2.05, 4.69) is 53.3 Å². The molecule has 0 saturated heterocycles. The molecule has 0 aliphatic carbocycles. The highest BCUT2D eigenvalue weighted by atomic mass is 79.9. The number of ether oxygens (including phenoxy) is 1. The SMILES string of the molecule is CCOc1c(/C(C)=C/C(=O)NCC(C)C)cc2c(-c3cccc(Br)c3)coc2c1C. The Morgan fingerprint density at radius 1 is 1.30 bits per heavy atom. The number of hydrogen-bond acceptors (Lipinski definition) is 3. The molecule has 2 aromatic carbocycles. The summed E-state index contributed by atoms with van der Waals surface area (Å²) in [7, 11) is 0. The predicted octanol–water partition coefficient (Wildman–Crippen LogP) is 6.74. The summed E-state index contributed by atoms with van der Waals surface area (Å²) < 4.78 is 12.9. The van der Waals surface area contributed by atoms with Gasteiger partial charge in [0.05, 0.1) is 12.9 Å². The van der Waals surface area contributed by atoms with E-state index in [0.29, 0.717) is 19.1 Å². The second-order valence-corrected chi connectivity index (χ2v) is 8.73. The summed E-state index contributed by atoms with van der Waals surface area (Å²) in [6.07, 6.45) is 3.43. The van der Waals surface area contributed by atoms with Gasteiger partial charge in [-0.1, -0.05) is 41.9 Å². The normalized spacial score (nSPS) is 11.9. The number of halogens is 1. The molecule has 0 saturated carbocycles. The van der Waals surface area contributed by atoms with Crippen LogP contribution in [0.3, 0.4) is 0 Å². The lowest BCUT2D eigenvalue weighted by molar-refractivity contribution is -0.116. The Hall–Kier alpha value is -2.53. The summed E-state index contributed by atoms with van der Waals surface area (Å²) in [5.41, 5.74) is 5.56. The molecule has 30 heavy (non-hydrogen) atoms. The molecule has 0 aliphatic rings. The molecule has 1 heterocycles. The third-order valence-electron chi connectivity index (χ3n) is 4.93. The van der Waals surface area contributed by atoms with E-state index in [4.69, 9.17) is 9.15 Å². The first kappa shape index (κ1) is 22.2. The maximum absolute atomic E-state index is 12.4. The van der Waals surface area contributed by atoms with Crippen LogP contribution in [-0.4, -0.2) is 19.1 Å². The highest BCUT2D eigenvalue weighted by Gasteiger charge is 2.19. The van der Waals surface area contributed by atoms with Gasteiger partial charge in [-0.2, -0.15) is 0 Å². The van der Waals surface area contributed by atoms with Crippen molar-refractivity contribution in [1.82, 2.24) is 5.32 Å². The molecule has 1 amide bonds. The van der Waals surface area contributed by atoms with Crippen LogP contribution >= 0.6 is 15.9 Å². The lowest BCUT2D eigenvalue weighted by Crippen LogP contribution is -2.25. The molecule has 1 N–H and O–H groups in total. The van der Waals surface area contributed by atoms with Gasteiger partial charge in [-0.25, -0.2) is 0 Å². The number of carbonyl (C=O) groups is 1. The Balaban J connectivity index is 2.13. The zero-order chi connectivity index (χ0) is 21.8. The molecule has 158 valence electrons. The summed E-state index contributed by atoms with van der Waals surface area (Å²) in [5.74, 6) is 1.06. The molecular weight excluding hydrogens is 442 g/mol. The lowest BCUT2D eigenvalue weighted by Gasteiger charge is -2.15. The van der Waals surface area contributed by atoms with E-state index >= 15 is 0 Å². The Labute approximate surface area is 186 Å². The molecule has 3 aromatic rings. The maximum atomic E-state index is 12.4. The number of aryl methyl sites for hydroxylation is 1. The molecule has 0 bridgehead atoms. The summed E-state index contributed by atoms with van der Waals surface area (Å²) >= 11 is 3.54. The van der Waals surface area contributed by atoms with Crippen molar-refractivity contribution in [3.05, 3.63) is 58.3 Å². The summed E-state index contributed by atoms with van der Waals surface area (Å²) in [6.45, 7) is 11.2. The fourth-order valence-corrected chi connectivity index (χ4v) is 3.85. The average molecular weight is 470 g/mol. The minimum atomic E-state index is -0.0965.